The number of nitrogens with zero attached hydrogens (tertiary/aromatic N) is 1. The summed E-state index contributed by atoms with van der Waals surface area (Å²) in [6.45, 7) is 2.99. The van der Waals surface area contributed by atoms with Crippen molar-refractivity contribution in [3.8, 4) is 11.5 Å². The van der Waals surface area contributed by atoms with Crippen molar-refractivity contribution in [1.82, 2.24) is 0 Å². The molecule has 0 spiro atoms. The smallest absolute Gasteiger partial charge is 0.233 e. The van der Waals surface area contributed by atoms with E-state index in [0.717, 1.165) is 18.8 Å². The summed E-state index contributed by atoms with van der Waals surface area (Å²) in [5.74, 6) is 0.427. The van der Waals surface area contributed by atoms with Crippen molar-refractivity contribution < 1.29 is 23.8 Å². The molecule has 0 saturated carbocycles. The maximum atomic E-state index is 12.4. The SMILES string of the molecule is O=C(CC(=O)Nc1ccccc1N1CCOCC1)Nc1ccc2c(c1)OCO2. The fourth-order valence-electron chi connectivity index (χ4n) is 3.18. The third kappa shape index (κ3) is 4.17. The summed E-state index contributed by atoms with van der Waals surface area (Å²) in [6.07, 6.45) is -0.286. The van der Waals surface area contributed by atoms with Gasteiger partial charge >= 0.3 is 0 Å². The number of para-hydroxylation sites is 2. The van der Waals surface area contributed by atoms with Crippen LogP contribution in [0.15, 0.2) is 42.5 Å². The Bertz CT molecular complexity index is 880. The highest BCUT2D eigenvalue weighted by Gasteiger charge is 2.18. The molecule has 1 fully saturated rings. The molecule has 0 bridgehead atoms. The third-order valence-electron chi connectivity index (χ3n) is 4.51. The second-order valence-corrected chi connectivity index (χ2v) is 6.46. The molecule has 0 radical (unpaired) electrons. The average Bonchev–Trinajstić information content (AvgIpc) is 3.16. The Morgan fingerprint density at radius 1 is 0.929 bits per heavy atom. The molecular formula is C20H21N3O5. The van der Waals surface area contributed by atoms with Gasteiger partial charge < -0.3 is 29.7 Å². The average molecular weight is 383 g/mol. The molecule has 0 atom stereocenters. The van der Waals surface area contributed by atoms with Gasteiger partial charge in [0, 0.05) is 24.8 Å². The predicted molar refractivity (Wildman–Crippen MR) is 104 cm³/mol. The Morgan fingerprint density at radius 2 is 1.68 bits per heavy atom. The second-order valence-electron chi connectivity index (χ2n) is 6.46. The summed E-state index contributed by atoms with van der Waals surface area (Å²) in [7, 11) is 0. The number of carbonyl (C=O) groups excluding carboxylic acids is 2. The van der Waals surface area contributed by atoms with Crippen molar-refractivity contribution in [2.45, 2.75) is 6.42 Å². The van der Waals surface area contributed by atoms with Gasteiger partial charge in [-0.3, -0.25) is 9.59 Å². The summed E-state index contributed by atoms with van der Waals surface area (Å²) < 4.78 is 15.9. The van der Waals surface area contributed by atoms with E-state index in [1.165, 1.54) is 0 Å². The number of hydrogen-bond donors (Lipinski definition) is 2. The van der Waals surface area contributed by atoms with Crippen LogP contribution in [-0.4, -0.2) is 44.9 Å². The lowest BCUT2D eigenvalue weighted by Crippen LogP contribution is -2.36. The maximum absolute atomic E-state index is 12.4. The monoisotopic (exact) mass is 383 g/mol. The zero-order valence-electron chi connectivity index (χ0n) is 15.3. The van der Waals surface area contributed by atoms with E-state index >= 15 is 0 Å². The van der Waals surface area contributed by atoms with Crippen molar-refractivity contribution >= 4 is 28.9 Å². The zero-order chi connectivity index (χ0) is 19.3. The summed E-state index contributed by atoms with van der Waals surface area (Å²) in [5, 5.41) is 5.54. The van der Waals surface area contributed by atoms with Crippen molar-refractivity contribution in [1.29, 1.82) is 0 Å². The molecule has 0 aromatic heterocycles. The molecule has 2 aliphatic heterocycles. The van der Waals surface area contributed by atoms with Crippen molar-refractivity contribution in [2.75, 3.05) is 48.6 Å². The molecule has 2 heterocycles. The maximum Gasteiger partial charge on any atom is 0.233 e. The highest BCUT2D eigenvalue weighted by Crippen LogP contribution is 2.34. The normalized spacial score (nSPS) is 15.2. The molecule has 0 aliphatic carbocycles. The van der Waals surface area contributed by atoms with E-state index in [1.807, 2.05) is 24.3 Å². The lowest BCUT2D eigenvalue weighted by Gasteiger charge is -2.30. The molecule has 2 aliphatic rings. The zero-order valence-corrected chi connectivity index (χ0v) is 15.3. The van der Waals surface area contributed by atoms with E-state index in [1.54, 1.807) is 18.2 Å². The molecule has 2 amide bonds. The van der Waals surface area contributed by atoms with Gasteiger partial charge in [-0.1, -0.05) is 12.1 Å². The van der Waals surface area contributed by atoms with E-state index < -0.39 is 5.91 Å². The molecule has 2 N–H and O–H groups in total. The van der Waals surface area contributed by atoms with E-state index in [9.17, 15) is 9.59 Å². The quantitative estimate of drug-likeness (QED) is 0.770. The van der Waals surface area contributed by atoms with Crippen LogP contribution >= 0.6 is 0 Å². The Balaban J connectivity index is 1.36. The van der Waals surface area contributed by atoms with E-state index in [0.29, 0.717) is 36.1 Å². The van der Waals surface area contributed by atoms with Crippen molar-refractivity contribution in [3.05, 3.63) is 42.5 Å². The molecule has 1 saturated heterocycles. The number of benzene rings is 2. The van der Waals surface area contributed by atoms with Gasteiger partial charge in [-0.2, -0.15) is 0 Å². The van der Waals surface area contributed by atoms with Gasteiger partial charge in [-0.25, -0.2) is 0 Å². The minimum Gasteiger partial charge on any atom is -0.454 e. The summed E-state index contributed by atoms with van der Waals surface area (Å²) >= 11 is 0. The van der Waals surface area contributed by atoms with Crippen LogP contribution in [0.2, 0.25) is 0 Å². The van der Waals surface area contributed by atoms with Crippen LogP contribution in [0.1, 0.15) is 6.42 Å². The number of fused-ring (bicyclic) bond motifs is 1. The van der Waals surface area contributed by atoms with Gasteiger partial charge in [-0.15, -0.1) is 0 Å². The molecule has 28 heavy (non-hydrogen) atoms. The Labute approximate surface area is 162 Å². The highest BCUT2D eigenvalue weighted by molar-refractivity contribution is 6.09. The van der Waals surface area contributed by atoms with Crippen LogP contribution in [0.4, 0.5) is 17.1 Å². The molecule has 0 unspecified atom stereocenters. The molecule has 8 heteroatoms. The van der Waals surface area contributed by atoms with Gasteiger partial charge in [0.15, 0.2) is 11.5 Å². The van der Waals surface area contributed by atoms with Crippen LogP contribution in [0, 0.1) is 0 Å². The van der Waals surface area contributed by atoms with Crippen LogP contribution < -0.4 is 25.0 Å². The van der Waals surface area contributed by atoms with Gasteiger partial charge in [0.1, 0.15) is 6.42 Å². The van der Waals surface area contributed by atoms with E-state index in [2.05, 4.69) is 15.5 Å². The fourth-order valence-corrected chi connectivity index (χ4v) is 3.18. The Kier molecular flexibility index (Phi) is 5.29. The first-order valence-corrected chi connectivity index (χ1v) is 9.10. The second kappa shape index (κ2) is 8.18. The number of amides is 2. The standard InChI is InChI=1S/C20H21N3O5/c24-19(21-14-5-6-17-18(11-14)28-13-27-17)12-20(25)22-15-3-1-2-4-16(15)23-7-9-26-10-8-23/h1-6,11H,7-10,12-13H2,(H,21,24)(H,22,25). The lowest BCUT2D eigenvalue weighted by atomic mass is 10.2. The van der Waals surface area contributed by atoms with Gasteiger partial charge in [-0.05, 0) is 24.3 Å². The van der Waals surface area contributed by atoms with Gasteiger partial charge in [0.2, 0.25) is 18.6 Å². The number of rotatable bonds is 5. The summed E-state index contributed by atoms with van der Waals surface area (Å²) in [5.41, 5.74) is 2.16. The van der Waals surface area contributed by atoms with Gasteiger partial charge in [0.25, 0.3) is 0 Å². The minimum absolute atomic E-state index is 0.164. The predicted octanol–water partition coefficient (Wildman–Crippen LogP) is 2.22. The van der Waals surface area contributed by atoms with Crippen LogP contribution in [0.5, 0.6) is 11.5 Å². The molecular weight excluding hydrogens is 362 g/mol. The van der Waals surface area contributed by atoms with Crippen molar-refractivity contribution in [3.63, 3.8) is 0 Å². The first kappa shape index (κ1) is 18.1. The molecule has 146 valence electrons. The van der Waals surface area contributed by atoms with Crippen LogP contribution in [0.25, 0.3) is 0 Å². The highest BCUT2D eigenvalue weighted by atomic mass is 16.7. The Morgan fingerprint density at radius 3 is 2.54 bits per heavy atom. The van der Waals surface area contributed by atoms with Crippen molar-refractivity contribution in [2.24, 2.45) is 0 Å². The topological polar surface area (TPSA) is 89.1 Å². The summed E-state index contributed by atoms with van der Waals surface area (Å²) in [4.78, 5) is 26.8. The molecule has 4 rings (SSSR count). The lowest BCUT2D eigenvalue weighted by molar-refractivity contribution is -0.123. The fraction of sp³-hybridized carbons (Fsp3) is 0.300. The molecule has 2 aromatic rings. The molecule has 2 aromatic carbocycles. The summed E-state index contributed by atoms with van der Waals surface area (Å²) in [6, 6.07) is 12.7. The van der Waals surface area contributed by atoms with Crippen LogP contribution in [0.3, 0.4) is 0 Å². The largest absolute Gasteiger partial charge is 0.454 e. The number of hydrogen-bond acceptors (Lipinski definition) is 6. The number of anilines is 3. The van der Waals surface area contributed by atoms with E-state index in [-0.39, 0.29) is 19.1 Å². The van der Waals surface area contributed by atoms with Crippen LogP contribution in [-0.2, 0) is 14.3 Å². The first-order chi connectivity index (χ1) is 13.7. The molecule has 8 nitrogen and oxygen atoms in total. The van der Waals surface area contributed by atoms with E-state index in [4.69, 9.17) is 14.2 Å². The number of morpholine rings is 1. The first-order valence-electron chi connectivity index (χ1n) is 9.10. The number of carbonyl (C=O) groups is 2. The minimum atomic E-state index is -0.403. The van der Waals surface area contributed by atoms with Gasteiger partial charge in [0.05, 0.1) is 24.6 Å². The Hall–Kier alpha value is -3.26. The third-order valence-corrected chi connectivity index (χ3v) is 4.51. The number of ether oxygens (including phenoxy) is 3. The number of nitrogens with one attached hydrogen (secondary N) is 2.